The second-order valence-electron chi connectivity index (χ2n) is 5.58. The molecule has 0 spiro atoms. The molecule has 1 aliphatic rings. The summed E-state index contributed by atoms with van der Waals surface area (Å²) in [6.45, 7) is 1.89. The van der Waals surface area contributed by atoms with Gasteiger partial charge >= 0.3 is 0 Å². The van der Waals surface area contributed by atoms with Crippen molar-refractivity contribution in [2.24, 2.45) is 0 Å². The molecule has 1 fully saturated rings. The first-order valence-corrected chi connectivity index (χ1v) is 7.37. The Morgan fingerprint density at radius 1 is 0.800 bits per heavy atom. The van der Waals surface area contributed by atoms with E-state index in [1.807, 2.05) is 18.2 Å². The summed E-state index contributed by atoms with van der Waals surface area (Å²) in [5.74, 6) is 0. The molecule has 0 saturated carbocycles. The van der Waals surface area contributed by atoms with Crippen molar-refractivity contribution in [3.63, 3.8) is 0 Å². The zero-order chi connectivity index (χ0) is 13.8. The van der Waals surface area contributed by atoms with Gasteiger partial charge in [-0.1, -0.05) is 54.6 Å². The maximum atomic E-state index is 10.8. The molecule has 0 radical (unpaired) electrons. The molecular weight excluding hydrogens is 246 g/mol. The monoisotopic (exact) mass is 267 g/mol. The molecule has 104 valence electrons. The Balaban J connectivity index is 1.85. The van der Waals surface area contributed by atoms with Crippen LogP contribution in [0.1, 0.15) is 24.8 Å². The molecule has 0 aliphatic carbocycles. The van der Waals surface area contributed by atoms with E-state index in [0.29, 0.717) is 0 Å². The minimum Gasteiger partial charge on any atom is -0.385 e. The van der Waals surface area contributed by atoms with Crippen molar-refractivity contribution in [1.29, 1.82) is 0 Å². The van der Waals surface area contributed by atoms with Crippen molar-refractivity contribution < 1.29 is 5.11 Å². The van der Waals surface area contributed by atoms with Gasteiger partial charge in [0.15, 0.2) is 0 Å². The lowest BCUT2D eigenvalue weighted by Gasteiger charge is -2.27. The molecule has 1 saturated heterocycles. The quantitative estimate of drug-likeness (QED) is 0.875. The van der Waals surface area contributed by atoms with Crippen molar-refractivity contribution in [2.45, 2.75) is 24.9 Å². The Labute approximate surface area is 120 Å². The third-order valence-corrected chi connectivity index (χ3v) is 4.19. The Kier molecular flexibility index (Phi) is 3.86. The maximum Gasteiger partial charge on any atom is 0.0909 e. The molecule has 1 aliphatic heterocycles. The largest absolute Gasteiger partial charge is 0.385 e. The van der Waals surface area contributed by atoms with Gasteiger partial charge in [0.05, 0.1) is 5.60 Å². The highest BCUT2D eigenvalue weighted by atomic mass is 16.3. The van der Waals surface area contributed by atoms with Crippen LogP contribution in [0.2, 0.25) is 0 Å². The van der Waals surface area contributed by atoms with E-state index in [0.717, 1.165) is 37.9 Å². The predicted octanol–water partition coefficient (Wildman–Crippen LogP) is 3.31. The third-order valence-electron chi connectivity index (χ3n) is 4.19. The Bertz CT molecular complexity index is 539. The zero-order valence-electron chi connectivity index (χ0n) is 11.7. The number of rotatable bonds is 2. The molecule has 0 aromatic heterocycles. The normalized spacial score (nSPS) is 23.2. The molecule has 2 aromatic carbocycles. The first-order chi connectivity index (χ1) is 9.78. The van der Waals surface area contributed by atoms with Crippen LogP contribution < -0.4 is 5.32 Å². The molecule has 1 atom stereocenters. The Morgan fingerprint density at radius 2 is 1.50 bits per heavy atom. The fraction of sp³-hybridized carbons (Fsp3) is 0.333. The molecule has 0 bridgehead atoms. The highest BCUT2D eigenvalue weighted by Gasteiger charge is 2.29. The van der Waals surface area contributed by atoms with Gasteiger partial charge in [-0.15, -0.1) is 0 Å². The van der Waals surface area contributed by atoms with Gasteiger partial charge in [-0.25, -0.2) is 0 Å². The lowest BCUT2D eigenvalue weighted by molar-refractivity contribution is 0.0240. The molecule has 0 amide bonds. The smallest absolute Gasteiger partial charge is 0.0909 e. The van der Waals surface area contributed by atoms with Gasteiger partial charge in [-0.05, 0) is 49.0 Å². The van der Waals surface area contributed by atoms with Crippen molar-refractivity contribution >= 4 is 0 Å². The van der Waals surface area contributed by atoms with Crippen LogP contribution in [0, 0.1) is 0 Å². The standard InChI is InChI=1S/C18H21NO/c20-18(11-4-13-19-14-12-18)17-9-7-16(8-10-17)15-5-2-1-3-6-15/h1-3,5-10,19-20H,4,11-14H2. The van der Waals surface area contributed by atoms with E-state index in [-0.39, 0.29) is 0 Å². The molecule has 2 nitrogen and oxygen atoms in total. The van der Waals surface area contributed by atoms with Gasteiger partial charge in [-0.3, -0.25) is 0 Å². The second-order valence-corrected chi connectivity index (χ2v) is 5.58. The summed E-state index contributed by atoms with van der Waals surface area (Å²) in [5.41, 5.74) is 2.79. The minimum absolute atomic E-state index is 0.668. The van der Waals surface area contributed by atoms with E-state index in [9.17, 15) is 5.11 Å². The lowest BCUT2D eigenvalue weighted by atomic mass is 9.86. The summed E-state index contributed by atoms with van der Waals surface area (Å²) in [6, 6.07) is 18.7. The topological polar surface area (TPSA) is 32.3 Å². The van der Waals surface area contributed by atoms with E-state index in [1.54, 1.807) is 0 Å². The van der Waals surface area contributed by atoms with Crippen LogP contribution in [0.25, 0.3) is 11.1 Å². The van der Waals surface area contributed by atoms with Crippen LogP contribution in [0.5, 0.6) is 0 Å². The number of nitrogens with one attached hydrogen (secondary N) is 1. The van der Waals surface area contributed by atoms with Gasteiger partial charge < -0.3 is 10.4 Å². The highest BCUT2D eigenvalue weighted by Crippen LogP contribution is 2.32. The fourth-order valence-corrected chi connectivity index (χ4v) is 2.94. The van der Waals surface area contributed by atoms with E-state index < -0.39 is 5.60 Å². The van der Waals surface area contributed by atoms with Crippen molar-refractivity contribution in [2.75, 3.05) is 13.1 Å². The van der Waals surface area contributed by atoms with Crippen LogP contribution in [0.15, 0.2) is 54.6 Å². The van der Waals surface area contributed by atoms with E-state index in [2.05, 4.69) is 41.7 Å². The minimum atomic E-state index is -0.668. The van der Waals surface area contributed by atoms with E-state index in [4.69, 9.17) is 0 Å². The number of benzene rings is 2. The van der Waals surface area contributed by atoms with Crippen molar-refractivity contribution in [1.82, 2.24) is 5.32 Å². The first kappa shape index (κ1) is 13.3. The Hall–Kier alpha value is -1.64. The van der Waals surface area contributed by atoms with Gasteiger partial charge in [-0.2, -0.15) is 0 Å². The van der Waals surface area contributed by atoms with E-state index in [1.165, 1.54) is 11.1 Å². The fourth-order valence-electron chi connectivity index (χ4n) is 2.94. The summed E-state index contributed by atoms with van der Waals surface area (Å²) in [7, 11) is 0. The second kappa shape index (κ2) is 5.78. The lowest BCUT2D eigenvalue weighted by Crippen LogP contribution is -2.27. The number of hydrogen-bond donors (Lipinski definition) is 2. The molecule has 20 heavy (non-hydrogen) atoms. The average Bonchev–Trinajstić information content (AvgIpc) is 2.74. The summed E-state index contributed by atoms with van der Waals surface area (Å²) in [5, 5.41) is 14.2. The van der Waals surface area contributed by atoms with Gasteiger partial charge in [0.25, 0.3) is 0 Å². The summed E-state index contributed by atoms with van der Waals surface area (Å²) >= 11 is 0. The SMILES string of the molecule is OC1(c2ccc(-c3ccccc3)cc2)CCCNCC1. The van der Waals surface area contributed by atoms with E-state index >= 15 is 0 Å². The molecule has 2 heteroatoms. The zero-order valence-corrected chi connectivity index (χ0v) is 11.7. The van der Waals surface area contributed by atoms with Crippen LogP contribution in [0.4, 0.5) is 0 Å². The molecule has 1 heterocycles. The summed E-state index contributed by atoms with van der Waals surface area (Å²) in [4.78, 5) is 0. The molecular formula is C18H21NO. The summed E-state index contributed by atoms with van der Waals surface area (Å²) in [6.07, 6.45) is 2.65. The first-order valence-electron chi connectivity index (χ1n) is 7.37. The highest BCUT2D eigenvalue weighted by molar-refractivity contribution is 5.63. The van der Waals surface area contributed by atoms with Gasteiger partial charge in [0.1, 0.15) is 0 Å². The average molecular weight is 267 g/mol. The molecule has 2 aromatic rings. The predicted molar refractivity (Wildman–Crippen MR) is 82.5 cm³/mol. The number of hydrogen-bond acceptors (Lipinski definition) is 2. The van der Waals surface area contributed by atoms with Crippen molar-refractivity contribution in [3.8, 4) is 11.1 Å². The Morgan fingerprint density at radius 3 is 2.25 bits per heavy atom. The summed E-state index contributed by atoms with van der Waals surface area (Å²) < 4.78 is 0. The third kappa shape index (κ3) is 2.77. The van der Waals surface area contributed by atoms with Gasteiger partial charge in [0, 0.05) is 0 Å². The molecule has 1 unspecified atom stereocenters. The van der Waals surface area contributed by atoms with Crippen molar-refractivity contribution in [3.05, 3.63) is 60.2 Å². The maximum absolute atomic E-state index is 10.8. The van der Waals surface area contributed by atoms with Gasteiger partial charge in [0.2, 0.25) is 0 Å². The van der Waals surface area contributed by atoms with Crippen LogP contribution in [-0.2, 0) is 5.60 Å². The molecule has 3 rings (SSSR count). The molecule has 2 N–H and O–H groups in total. The van der Waals surface area contributed by atoms with Crippen LogP contribution in [0.3, 0.4) is 0 Å². The van der Waals surface area contributed by atoms with Crippen LogP contribution >= 0.6 is 0 Å². The number of aliphatic hydroxyl groups is 1. The van der Waals surface area contributed by atoms with Crippen LogP contribution in [-0.4, -0.2) is 18.2 Å².